The van der Waals surface area contributed by atoms with Gasteiger partial charge in [0.15, 0.2) is 0 Å². The number of nitrogens with zero attached hydrogens (tertiary/aromatic N) is 3. The fourth-order valence-electron chi connectivity index (χ4n) is 4.21. The lowest BCUT2D eigenvalue weighted by atomic mass is 10.1. The van der Waals surface area contributed by atoms with Crippen LogP contribution in [-0.4, -0.2) is 20.4 Å². The summed E-state index contributed by atoms with van der Waals surface area (Å²) in [5.41, 5.74) is 1.13. The van der Waals surface area contributed by atoms with Gasteiger partial charge < -0.3 is 4.90 Å². The van der Waals surface area contributed by atoms with Crippen molar-refractivity contribution >= 4 is 28.4 Å². The summed E-state index contributed by atoms with van der Waals surface area (Å²) in [7, 11) is 0. The molecule has 0 aliphatic carbocycles. The van der Waals surface area contributed by atoms with Gasteiger partial charge in [-0.05, 0) is 49.2 Å². The summed E-state index contributed by atoms with van der Waals surface area (Å²) in [6, 6.07) is 19.8. The summed E-state index contributed by atoms with van der Waals surface area (Å²) in [5, 5.41) is 0.927. The maximum absolute atomic E-state index is 14.6. The smallest absolute Gasteiger partial charge is 0.261 e. The highest BCUT2D eigenvalue weighted by atomic mass is 35.5. The topological polar surface area (TPSA) is 55.2 Å². The Kier molecular flexibility index (Phi) is 7.08. The molecule has 1 heterocycles. The molecule has 4 rings (SSSR count). The minimum atomic E-state index is -0.591. The van der Waals surface area contributed by atoms with Crippen molar-refractivity contribution in [3.8, 4) is 0 Å². The first-order valence-corrected chi connectivity index (χ1v) is 11.6. The molecule has 5 nitrogen and oxygen atoms in total. The van der Waals surface area contributed by atoms with Crippen molar-refractivity contribution in [2.75, 3.05) is 0 Å². The number of carbonyl (C=O) groups is 1. The average Bonchev–Trinajstić information content (AvgIpc) is 2.84. The van der Waals surface area contributed by atoms with Gasteiger partial charge in [-0.25, -0.2) is 9.37 Å². The first kappa shape index (κ1) is 23.6. The molecule has 1 unspecified atom stereocenters. The van der Waals surface area contributed by atoms with Crippen LogP contribution in [0.25, 0.3) is 10.9 Å². The summed E-state index contributed by atoms with van der Waals surface area (Å²) < 4.78 is 16.2. The van der Waals surface area contributed by atoms with Crippen LogP contribution in [0, 0.1) is 5.82 Å². The lowest BCUT2D eigenvalue weighted by Gasteiger charge is -2.32. The highest BCUT2D eigenvalue weighted by Gasteiger charge is 2.30. The van der Waals surface area contributed by atoms with Gasteiger partial charge in [-0.2, -0.15) is 0 Å². The van der Waals surface area contributed by atoms with E-state index in [-0.39, 0.29) is 17.7 Å². The molecule has 0 saturated carbocycles. The normalized spacial score (nSPS) is 12.0. The Morgan fingerprint density at radius 1 is 1.06 bits per heavy atom. The zero-order valence-electron chi connectivity index (χ0n) is 19.0. The molecule has 1 atom stereocenters. The molecule has 0 radical (unpaired) electrons. The number of hydrogen-bond donors (Lipinski definition) is 0. The summed E-state index contributed by atoms with van der Waals surface area (Å²) in [6.45, 7) is 4.40. The summed E-state index contributed by atoms with van der Waals surface area (Å²) >= 11 is 6.17. The van der Waals surface area contributed by atoms with E-state index < -0.39 is 17.8 Å². The Morgan fingerprint density at radius 2 is 1.76 bits per heavy atom. The van der Waals surface area contributed by atoms with Crippen LogP contribution in [0.15, 0.2) is 77.6 Å². The molecular weight excluding hydrogens is 453 g/mol. The minimum Gasteiger partial charge on any atom is -0.324 e. The van der Waals surface area contributed by atoms with E-state index in [4.69, 9.17) is 16.6 Å². The van der Waals surface area contributed by atoms with Crippen molar-refractivity contribution in [1.29, 1.82) is 0 Å². The predicted molar refractivity (Wildman–Crippen MR) is 132 cm³/mol. The average molecular weight is 478 g/mol. The van der Waals surface area contributed by atoms with E-state index in [0.29, 0.717) is 34.7 Å². The number of fused-ring (bicyclic) bond motifs is 1. The molecule has 4 aromatic rings. The zero-order chi connectivity index (χ0) is 24.2. The Bertz CT molecular complexity index is 1390. The van der Waals surface area contributed by atoms with E-state index in [1.165, 1.54) is 12.1 Å². The van der Waals surface area contributed by atoms with E-state index in [2.05, 4.69) is 0 Å². The fourth-order valence-corrected chi connectivity index (χ4v) is 4.37. The maximum atomic E-state index is 14.6. The van der Waals surface area contributed by atoms with Gasteiger partial charge in [-0.15, -0.1) is 0 Å². The molecule has 0 N–H and O–H groups in total. The van der Waals surface area contributed by atoms with Crippen LogP contribution in [0.5, 0.6) is 0 Å². The quantitative estimate of drug-likeness (QED) is 0.328. The molecule has 0 aliphatic heterocycles. The van der Waals surface area contributed by atoms with Gasteiger partial charge >= 0.3 is 0 Å². The number of carbonyl (C=O) groups excluding carboxylic acids is 1. The number of amides is 1. The van der Waals surface area contributed by atoms with Crippen LogP contribution in [0.4, 0.5) is 4.39 Å². The molecule has 7 heteroatoms. The predicted octanol–water partition coefficient (Wildman–Crippen LogP) is 6.00. The number of halogens is 2. The molecule has 1 aromatic heterocycles. The molecule has 3 aromatic carbocycles. The van der Waals surface area contributed by atoms with Gasteiger partial charge in [-0.3, -0.25) is 14.2 Å². The van der Waals surface area contributed by atoms with Gasteiger partial charge in [-0.1, -0.05) is 61.0 Å². The third kappa shape index (κ3) is 4.59. The number of aromatic nitrogens is 2. The first-order valence-electron chi connectivity index (χ1n) is 11.2. The maximum Gasteiger partial charge on any atom is 0.261 e. The summed E-state index contributed by atoms with van der Waals surface area (Å²) in [6.07, 6.45) is 0.478. The second-order valence-corrected chi connectivity index (χ2v) is 8.44. The number of hydrogen-bond acceptors (Lipinski definition) is 3. The highest BCUT2D eigenvalue weighted by molar-refractivity contribution is 6.31. The molecule has 0 saturated heterocycles. The molecule has 174 valence electrons. The van der Waals surface area contributed by atoms with Crippen molar-refractivity contribution in [2.24, 2.45) is 0 Å². The number of benzene rings is 3. The van der Waals surface area contributed by atoms with Gasteiger partial charge in [0.2, 0.25) is 0 Å². The van der Waals surface area contributed by atoms with Gasteiger partial charge in [0.1, 0.15) is 11.6 Å². The van der Waals surface area contributed by atoms with E-state index in [0.717, 1.165) is 5.56 Å². The molecular formula is C27H25ClFN3O2. The molecule has 0 bridgehead atoms. The van der Waals surface area contributed by atoms with Crippen LogP contribution < -0.4 is 5.56 Å². The van der Waals surface area contributed by atoms with E-state index in [9.17, 15) is 14.0 Å². The monoisotopic (exact) mass is 477 g/mol. The van der Waals surface area contributed by atoms with Crippen LogP contribution in [-0.2, 0) is 13.1 Å². The fraction of sp³-hybridized carbons (Fsp3) is 0.222. The molecule has 34 heavy (non-hydrogen) atoms. The first-order chi connectivity index (χ1) is 16.4. The van der Waals surface area contributed by atoms with Crippen molar-refractivity contribution < 1.29 is 9.18 Å². The van der Waals surface area contributed by atoms with Gasteiger partial charge in [0, 0.05) is 18.1 Å². The molecule has 0 spiro atoms. The SMILES string of the molecule is CCC(c1nc2cc(Cl)ccc2c(=O)n1CC)N(Cc1ccccc1)C(=O)c1ccccc1F. The lowest BCUT2D eigenvalue weighted by Crippen LogP contribution is -2.38. The van der Waals surface area contributed by atoms with Crippen LogP contribution in [0.3, 0.4) is 0 Å². The van der Waals surface area contributed by atoms with Crippen molar-refractivity contribution in [3.63, 3.8) is 0 Å². The zero-order valence-corrected chi connectivity index (χ0v) is 19.8. The third-order valence-electron chi connectivity index (χ3n) is 5.88. The van der Waals surface area contributed by atoms with E-state index >= 15 is 0 Å². The molecule has 0 fully saturated rings. The van der Waals surface area contributed by atoms with Crippen molar-refractivity contribution in [2.45, 2.75) is 39.4 Å². The van der Waals surface area contributed by atoms with E-state index in [1.807, 2.05) is 44.2 Å². The second kappa shape index (κ2) is 10.2. The van der Waals surface area contributed by atoms with Crippen LogP contribution in [0.2, 0.25) is 5.02 Å². The van der Waals surface area contributed by atoms with Crippen LogP contribution >= 0.6 is 11.6 Å². The minimum absolute atomic E-state index is 0.0221. The Morgan fingerprint density at radius 3 is 2.44 bits per heavy atom. The Labute approximate surface area is 202 Å². The standard InChI is InChI=1S/C27H25ClFN3O2/c1-3-24(25-30-23-16-19(28)14-15-21(23)27(34)31(25)4-2)32(17-18-10-6-5-7-11-18)26(33)20-12-8-9-13-22(20)29/h5-16,24H,3-4,17H2,1-2H3. The summed E-state index contributed by atoms with van der Waals surface area (Å²) in [5.74, 6) is -0.603. The van der Waals surface area contributed by atoms with E-state index in [1.54, 1.807) is 39.8 Å². The Balaban J connectivity index is 1.90. The molecule has 1 amide bonds. The molecule has 0 aliphatic rings. The van der Waals surface area contributed by atoms with Crippen molar-refractivity contribution in [3.05, 3.63) is 111 Å². The third-order valence-corrected chi connectivity index (χ3v) is 6.12. The Hall–Kier alpha value is -3.51. The van der Waals surface area contributed by atoms with Crippen molar-refractivity contribution in [1.82, 2.24) is 14.5 Å². The summed E-state index contributed by atoms with van der Waals surface area (Å²) in [4.78, 5) is 33.4. The highest BCUT2D eigenvalue weighted by Crippen LogP contribution is 2.28. The second-order valence-electron chi connectivity index (χ2n) is 8.00. The lowest BCUT2D eigenvalue weighted by molar-refractivity contribution is 0.0633. The van der Waals surface area contributed by atoms with Crippen LogP contribution in [0.1, 0.15) is 48.1 Å². The van der Waals surface area contributed by atoms with Gasteiger partial charge in [0.05, 0.1) is 22.5 Å². The van der Waals surface area contributed by atoms with Gasteiger partial charge in [0.25, 0.3) is 11.5 Å². The number of rotatable bonds is 7. The largest absolute Gasteiger partial charge is 0.324 e.